The normalized spacial score (nSPS) is 18.2. The predicted octanol–water partition coefficient (Wildman–Crippen LogP) is 4.45. The lowest BCUT2D eigenvalue weighted by Crippen LogP contribution is -2.32. The van der Waals surface area contributed by atoms with Crippen molar-refractivity contribution < 1.29 is 9.84 Å². The average molecular weight is 262 g/mol. The van der Waals surface area contributed by atoms with Gasteiger partial charge in [-0.1, -0.05) is 43.9 Å². The van der Waals surface area contributed by atoms with Crippen molar-refractivity contribution in [3.8, 4) is 5.75 Å². The fourth-order valence-electron chi connectivity index (χ4n) is 2.97. The standard InChI is InChI=1S/C17H26O2/c1-17(2,13-14-9-7-8-12-16(14)18)19-15-10-5-3-4-6-11-15/h7-9,12,15,18H,3-6,10-11,13H2,1-2H3. The number of hydrogen-bond acceptors (Lipinski definition) is 2. The van der Waals surface area contributed by atoms with Gasteiger partial charge in [-0.15, -0.1) is 0 Å². The maximum absolute atomic E-state index is 9.87. The summed E-state index contributed by atoms with van der Waals surface area (Å²) in [5.74, 6) is 0.375. The molecule has 0 unspecified atom stereocenters. The number of phenols is 1. The van der Waals surface area contributed by atoms with Crippen LogP contribution in [0, 0.1) is 0 Å². The smallest absolute Gasteiger partial charge is 0.118 e. The second kappa shape index (κ2) is 6.42. The fourth-order valence-corrected chi connectivity index (χ4v) is 2.97. The van der Waals surface area contributed by atoms with E-state index in [2.05, 4.69) is 13.8 Å². The van der Waals surface area contributed by atoms with Crippen molar-refractivity contribution in [1.29, 1.82) is 0 Å². The van der Waals surface area contributed by atoms with Crippen molar-refractivity contribution in [3.05, 3.63) is 29.8 Å². The summed E-state index contributed by atoms with van der Waals surface area (Å²) in [4.78, 5) is 0. The largest absolute Gasteiger partial charge is 0.508 e. The second-order valence-corrected chi connectivity index (χ2v) is 6.30. The van der Waals surface area contributed by atoms with Crippen LogP contribution in [-0.4, -0.2) is 16.8 Å². The van der Waals surface area contributed by atoms with Crippen LogP contribution >= 0.6 is 0 Å². The van der Waals surface area contributed by atoms with Gasteiger partial charge in [-0.25, -0.2) is 0 Å². The lowest BCUT2D eigenvalue weighted by molar-refractivity contribution is -0.0762. The van der Waals surface area contributed by atoms with Crippen molar-refractivity contribution in [3.63, 3.8) is 0 Å². The molecule has 19 heavy (non-hydrogen) atoms. The molecule has 1 aromatic rings. The first-order chi connectivity index (χ1) is 9.07. The third kappa shape index (κ3) is 4.54. The van der Waals surface area contributed by atoms with Crippen molar-refractivity contribution in [2.75, 3.05) is 0 Å². The molecule has 0 aliphatic heterocycles. The van der Waals surface area contributed by atoms with E-state index in [-0.39, 0.29) is 5.60 Å². The molecule has 1 N–H and O–H groups in total. The van der Waals surface area contributed by atoms with Crippen LogP contribution in [0.15, 0.2) is 24.3 Å². The van der Waals surface area contributed by atoms with Gasteiger partial charge in [-0.05, 0) is 38.3 Å². The third-order valence-corrected chi connectivity index (χ3v) is 3.90. The quantitative estimate of drug-likeness (QED) is 0.812. The Balaban J connectivity index is 1.95. The molecule has 0 heterocycles. The number of aromatic hydroxyl groups is 1. The van der Waals surface area contributed by atoms with Gasteiger partial charge in [0.05, 0.1) is 11.7 Å². The van der Waals surface area contributed by atoms with Gasteiger partial charge >= 0.3 is 0 Å². The predicted molar refractivity (Wildman–Crippen MR) is 78.5 cm³/mol. The van der Waals surface area contributed by atoms with E-state index in [9.17, 15) is 5.11 Å². The summed E-state index contributed by atoms with van der Waals surface area (Å²) in [7, 11) is 0. The van der Waals surface area contributed by atoms with Crippen molar-refractivity contribution in [1.82, 2.24) is 0 Å². The summed E-state index contributed by atoms with van der Waals surface area (Å²) in [6.45, 7) is 4.26. The molecule has 0 saturated heterocycles. The Morgan fingerprint density at radius 2 is 1.74 bits per heavy atom. The van der Waals surface area contributed by atoms with Gasteiger partial charge in [0.2, 0.25) is 0 Å². The summed E-state index contributed by atoms with van der Waals surface area (Å²) in [5, 5.41) is 9.87. The summed E-state index contributed by atoms with van der Waals surface area (Å²) in [5.41, 5.74) is 0.759. The molecule has 2 rings (SSSR count). The minimum atomic E-state index is -0.214. The first-order valence-electron chi connectivity index (χ1n) is 7.51. The van der Waals surface area contributed by atoms with Crippen LogP contribution in [0.25, 0.3) is 0 Å². The molecular weight excluding hydrogens is 236 g/mol. The Bertz CT molecular complexity index is 390. The molecular formula is C17H26O2. The summed E-state index contributed by atoms with van der Waals surface area (Å²) >= 11 is 0. The van der Waals surface area contributed by atoms with E-state index < -0.39 is 0 Å². The number of ether oxygens (including phenoxy) is 1. The van der Waals surface area contributed by atoms with E-state index in [4.69, 9.17) is 4.74 Å². The Morgan fingerprint density at radius 1 is 1.11 bits per heavy atom. The van der Waals surface area contributed by atoms with E-state index in [1.807, 2.05) is 18.2 Å². The van der Waals surface area contributed by atoms with Crippen molar-refractivity contribution in [2.24, 2.45) is 0 Å². The zero-order valence-corrected chi connectivity index (χ0v) is 12.2. The minimum Gasteiger partial charge on any atom is -0.508 e. The van der Waals surface area contributed by atoms with Gasteiger partial charge in [-0.2, -0.15) is 0 Å². The maximum atomic E-state index is 9.87. The highest BCUT2D eigenvalue weighted by molar-refractivity contribution is 5.32. The molecule has 0 radical (unpaired) electrons. The van der Waals surface area contributed by atoms with Gasteiger partial charge < -0.3 is 9.84 Å². The average Bonchev–Trinajstić information content (AvgIpc) is 2.60. The lowest BCUT2D eigenvalue weighted by atomic mass is 9.97. The fraction of sp³-hybridized carbons (Fsp3) is 0.647. The highest BCUT2D eigenvalue weighted by Gasteiger charge is 2.25. The van der Waals surface area contributed by atoms with Gasteiger partial charge in [-0.3, -0.25) is 0 Å². The Hall–Kier alpha value is -1.02. The molecule has 0 aromatic heterocycles. The number of rotatable bonds is 4. The van der Waals surface area contributed by atoms with E-state index in [1.54, 1.807) is 6.07 Å². The van der Waals surface area contributed by atoms with E-state index >= 15 is 0 Å². The SMILES string of the molecule is CC(C)(Cc1ccccc1O)OC1CCCCCC1. The summed E-state index contributed by atoms with van der Waals surface area (Å²) < 4.78 is 6.31. The van der Waals surface area contributed by atoms with Crippen LogP contribution in [0.2, 0.25) is 0 Å². The van der Waals surface area contributed by atoms with Crippen LogP contribution in [0.5, 0.6) is 5.75 Å². The topological polar surface area (TPSA) is 29.5 Å². The Labute approximate surface area is 116 Å². The monoisotopic (exact) mass is 262 g/mol. The lowest BCUT2D eigenvalue weighted by Gasteiger charge is -2.31. The van der Waals surface area contributed by atoms with Crippen LogP contribution in [0.1, 0.15) is 57.9 Å². The van der Waals surface area contributed by atoms with Gasteiger partial charge in [0.15, 0.2) is 0 Å². The van der Waals surface area contributed by atoms with Crippen LogP contribution < -0.4 is 0 Å². The van der Waals surface area contributed by atoms with Gasteiger partial charge in [0.25, 0.3) is 0 Å². The molecule has 106 valence electrons. The van der Waals surface area contributed by atoms with Crippen LogP contribution in [-0.2, 0) is 11.2 Å². The molecule has 1 aromatic carbocycles. The third-order valence-electron chi connectivity index (χ3n) is 3.90. The van der Waals surface area contributed by atoms with Gasteiger partial charge in [0, 0.05) is 6.42 Å². The zero-order chi connectivity index (χ0) is 13.7. The van der Waals surface area contributed by atoms with Crippen LogP contribution in [0.4, 0.5) is 0 Å². The minimum absolute atomic E-state index is 0.214. The molecule has 1 fully saturated rings. The number of para-hydroxylation sites is 1. The molecule has 0 atom stereocenters. The van der Waals surface area contributed by atoms with Crippen molar-refractivity contribution >= 4 is 0 Å². The molecule has 1 saturated carbocycles. The van der Waals surface area contributed by atoms with Crippen molar-refractivity contribution in [2.45, 2.75) is 70.5 Å². The Morgan fingerprint density at radius 3 is 2.37 bits per heavy atom. The van der Waals surface area contributed by atoms with Gasteiger partial charge in [0.1, 0.15) is 5.75 Å². The number of hydrogen-bond donors (Lipinski definition) is 1. The molecule has 2 heteroatoms. The molecule has 0 amide bonds. The maximum Gasteiger partial charge on any atom is 0.118 e. The zero-order valence-electron chi connectivity index (χ0n) is 12.2. The first kappa shape index (κ1) is 14.4. The Kier molecular flexibility index (Phi) is 4.87. The molecule has 0 bridgehead atoms. The summed E-state index contributed by atoms with van der Waals surface area (Å²) in [6, 6.07) is 7.55. The number of phenolic OH excluding ortho intramolecular Hbond substituents is 1. The molecule has 2 nitrogen and oxygen atoms in total. The molecule has 1 aliphatic rings. The summed E-state index contributed by atoms with van der Waals surface area (Å²) in [6.07, 6.45) is 8.79. The van der Waals surface area contributed by atoms with E-state index in [0.717, 1.165) is 12.0 Å². The van der Waals surface area contributed by atoms with Crippen LogP contribution in [0.3, 0.4) is 0 Å². The second-order valence-electron chi connectivity index (χ2n) is 6.30. The highest BCUT2D eigenvalue weighted by Crippen LogP contribution is 2.28. The van der Waals surface area contributed by atoms with E-state index in [0.29, 0.717) is 11.9 Å². The first-order valence-corrected chi connectivity index (χ1v) is 7.51. The molecule has 0 spiro atoms. The molecule has 1 aliphatic carbocycles. The highest BCUT2D eigenvalue weighted by atomic mass is 16.5. The number of benzene rings is 1. The van der Waals surface area contributed by atoms with E-state index in [1.165, 1.54) is 38.5 Å².